The average molecular weight is 264 g/mol. The molecule has 0 heterocycles. The van der Waals surface area contributed by atoms with E-state index in [0.29, 0.717) is 10.9 Å². The van der Waals surface area contributed by atoms with E-state index in [9.17, 15) is 13.2 Å². The molecule has 0 N–H and O–H groups in total. The van der Waals surface area contributed by atoms with Gasteiger partial charge in [-0.3, -0.25) is 0 Å². The van der Waals surface area contributed by atoms with Crippen LogP contribution in [0.25, 0.3) is 0 Å². The third kappa shape index (κ3) is 2.26. The van der Waals surface area contributed by atoms with E-state index in [1.165, 1.54) is 18.2 Å². The van der Waals surface area contributed by atoms with Gasteiger partial charge in [-0.15, -0.1) is 0 Å². The number of rotatable bonds is 1. The highest BCUT2D eigenvalue weighted by Gasteiger charge is 2.33. The molecule has 1 nitrogen and oxygen atoms in total. The maximum Gasteiger partial charge on any atom is 0.417 e. The molecule has 0 amide bonds. The fraction of sp³-hybridized carbons (Fsp3) is 0.222. The van der Waals surface area contributed by atoms with Gasteiger partial charge in [0, 0.05) is 5.33 Å². The Kier molecular flexibility index (Phi) is 3.17. The number of benzene rings is 1. The molecule has 1 aromatic carbocycles. The van der Waals surface area contributed by atoms with Crippen LogP contribution in [0.15, 0.2) is 18.2 Å². The van der Waals surface area contributed by atoms with Crippen molar-refractivity contribution in [1.82, 2.24) is 0 Å². The molecule has 0 atom stereocenters. The fourth-order valence-corrected chi connectivity index (χ4v) is 1.36. The van der Waals surface area contributed by atoms with Gasteiger partial charge in [0.1, 0.15) is 0 Å². The lowest BCUT2D eigenvalue weighted by Gasteiger charge is -2.08. The van der Waals surface area contributed by atoms with Crippen LogP contribution in [-0.4, -0.2) is 0 Å². The van der Waals surface area contributed by atoms with Crippen molar-refractivity contribution in [3.05, 3.63) is 34.9 Å². The normalized spacial score (nSPS) is 11.1. The Morgan fingerprint density at radius 2 is 2.00 bits per heavy atom. The van der Waals surface area contributed by atoms with Crippen LogP contribution in [0.3, 0.4) is 0 Å². The molecule has 5 heteroatoms. The Balaban J connectivity index is 3.28. The predicted molar refractivity (Wildman–Crippen MR) is 48.8 cm³/mol. The van der Waals surface area contributed by atoms with Crippen molar-refractivity contribution in [2.75, 3.05) is 0 Å². The number of nitriles is 1. The zero-order valence-electron chi connectivity index (χ0n) is 6.90. The molecule has 0 saturated heterocycles. The minimum atomic E-state index is -4.46. The van der Waals surface area contributed by atoms with Crippen LogP contribution in [0.2, 0.25) is 0 Å². The number of halogens is 4. The minimum absolute atomic E-state index is 0.338. The first-order valence-corrected chi connectivity index (χ1v) is 4.77. The van der Waals surface area contributed by atoms with Crippen LogP contribution >= 0.6 is 15.9 Å². The molecule has 0 bridgehead atoms. The molecule has 1 rings (SSSR count). The highest BCUT2D eigenvalue weighted by atomic mass is 79.9. The van der Waals surface area contributed by atoms with Gasteiger partial charge < -0.3 is 0 Å². The van der Waals surface area contributed by atoms with Crippen molar-refractivity contribution in [3.63, 3.8) is 0 Å². The zero-order valence-corrected chi connectivity index (χ0v) is 8.48. The van der Waals surface area contributed by atoms with E-state index < -0.39 is 11.7 Å². The van der Waals surface area contributed by atoms with Crippen LogP contribution in [0.1, 0.15) is 16.7 Å². The monoisotopic (exact) mass is 263 g/mol. The fourth-order valence-electron chi connectivity index (χ4n) is 1.01. The number of hydrogen-bond acceptors (Lipinski definition) is 1. The van der Waals surface area contributed by atoms with Crippen molar-refractivity contribution in [3.8, 4) is 6.07 Å². The molecule has 0 aliphatic heterocycles. The third-order valence-electron chi connectivity index (χ3n) is 1.66. The van der Waals surface area contributed by atoms with Crippen molar-refractivity contribution in [1.29, 1.82) is 5.26 Å². The predicted octanol–water partition coefficient (Wildman–Crippen LogP) is 3.47. The second-order valence-corrected chi connectivity index (χ2v) is 3.18. The maximum atomic E-state index is 12.3. The summed E-state index contributed by atoms with van der Waals surface area (Å²) in [6.45, 7) is 0. The van der Waals surface area contributed by atoms with Crippen molar-refractivity contribution < 1.29 is 13.2 Å². The first kappa shape index (κ1) is 11.1. The first-order chi connectivity index (χ1) is 6.49. The number of alkyl halides is 4. The van der Waals surface area contributed by atoms with Gasteiger partial charge in [-0.25, -0.2) is 0 Å². The molecule has 74 valence electrons. The summed E-state index contributed by atoms with van der Waals surface area (Å²) in [6, 6.07) is 5.04. The average Bonchev–Trinajstić information content (AvgIpc) is 2.15. The highest BCUT2D eigenvalue weighted by Crippen LogP contribution is 2.32. The van der Waals surface area contributed by atoms with Crippen molar-refractivity contribution >= 4 is 15.9 Å². The lowest BCUT2D eigenvalue weighted by atomic mass is 10.1. The molecule has 0 saturated carbocycles. The maximum absolute atomic E-state index is 12.3. The largest absolute Gasteiger partial charge is 0.417 e. The van der Waals surface area contributed by atoms with Crippen LogP contribution in [0, 0.1) is 11.3 Å². The Morgan fingerprint density at radius 1 is 1.36 bits per heavy atom. The number of nitrogens with zero attached hydrogens (tertiary/aromatic N) is 1. The van der Waals surface area contributed by atoms with Gasteiger partial charge in [-0.1, -0.05) is 22.0 Å². The standard InChI is InChI=1S/C9H5BrF3N/c10-4-6-1-2-8(9(11,12)13)7(3-6)5-14/h1-3H,4H2. The molecular weight excluding hydrogens is 259 g/mol. The van der Waals surface area contributed by atoms with Gasteiger partial charge in [-0.05, 0) is 17.7 Å². The van der Waals surface area contributed by atoms with Crippen molar-refractivity contribution in [2.45, 2.75) is 11.5 Å². The smallest absolute Gasteiger partial charge is 0.192 e. The van der Waals surface area contributed by atoms with E-state index in [2.05, 4.69) is 15.9 Å². The molecule has 0 aliphatic carbocycles. The molecule has 0 unspecified atom stereocenters. The van der Waals surface area contributed by atoms with Crippen LogP contribution in [0.5, 0.6) is 0 Å². The molecule has 0 fully saturated rings. The van der Waals surface area contributed by atoms with Gasteiger partial charge in [0.2, 0.25) is 0 Å². The second-order valence-electron chi connectivity index (χ2n) is 2.62. The van der Waals surface area contributed by atoms with Gasteiger partial charge in [0.05, 0.1) is 17.2 Å². The molecule has 0 aliphatic rings. The summed E-state index contributed by atoms with van der Waals surface area (Å²) in [5.74, 6) is 0. The molecule has 0 spiro atoms. The Morgan fingerprint density at radius 3 is 2.43 bits per heavy atom. The summed E-state index contributed by atoms with van der Waals surface area (Å²) < 4.78 is 36.9. The van der Waals surface area contributed by atoms with Crippen molar-refractivity contribution in [2.24, 2.45) is 0 Å². The summed E-state index contributed by atoms with van der Waals surface area (Å²) >= 11 is 3.11. The Bertz CT molecular complexity index is 379. The summed E-state index contributed by atoms with van der Waals surface area (Å²) in [7, 11) is 0. The highest BCUT2D eigenvalue weighted by molar-refractivity contribution is 9.08. The molecule has 1 aromatic rings. The Hall–Kier alpha value is -1.02. The molecule has 0 aromatic heterocycles. The van der Waals surface area contributed by atoms with Crippen LogP contribution in [-0.2, 0) is 11.5 Å². The second kappa shape index (κ2) is 4.01. The lowest BCUT2D eigenvalue weighted by molar-refractivity contribution is -0.137. The SMILES string of the molecule is N#Cc1cc(CBr)ccc1C(F)(F)F. The molecule has 14 heavy (non-hydrogen) atoms. The van der Waals surface area contributed by atoms with Crippen LogP contribution in [0.4, 0.5) is 13.2 Å². The van der Waals surface area contributed by atoms with Crippen LogP contribution < -0.4 is 0 Å². The van der Waals surface area contributed by atoms with E-state index in [1.54, 1.807) is 0 Å². The topological polar surface area (TPSA) is 23.8 Å². The van der Waals surface area contributed by atoms with E-state index in [1.807, 2.05) is 0 Å². The van der Waals surface area contributed by atoms with Gasteiger partial charge in [0.15, 0.2) is 0 Å². The third-order valence-corrected chi connectivity index (χ3v) is 2.31. The van der Waals surface area contributed by atoms with Gasteiger partial charge in [-0.2, -0.15) is 18.4 Å². The summed E-state index contributed by atoms with van der Waals surface area (Å²) in [5.41, 5.74) is -0.575. The van der Waals surface area contributed by atoms with Gasteiger partial charge >= 0.3 is 6.18 Å². The molecular formula is C9H5BrF3N. The van der Waals surface area contributed by atoms with E-state index in [-0.39, 0.29) is 5.56 Å². The summed E-state index contributed by atoms with van der Waals surface area (Å²) in [4.78, 5) is 0. The van der Waals surface area contributed by atoms with E-state index in [4.69, 9.17) is 5.26 Å². The lowest BCUT2D eigenvalue weighted by Crippen LogP contribution is -2.07. The Labute approximate surface area is 87.3 Å². The van der Waals surface area contributed by atoms with E-state index >= 15 is 0 Å². The minimum Gasteiger partial charge on any atom is -0.192 e. The molecule has 0 radical (unpaired) electrons. The first-order valence-electron chi connectivity index (χ1n) is 3.65. The van der Waals surface area contributed by atoms with Gasteiger partial charge in [0.25, 0.3) is 0 Å². The quantitative estimate of drug-likeness (QED) is 0.712. The summed E-state index contributed by atoms with van der Waals surface area (Å²) in [5, 5.41) is 8.97. The summed E-state index contributed by atoms with van der Waals surface area (Å²) in [6.07, 6.45) is -4.46. The van der Waals surface area contributed by atoms with E-state index in [0.717, 1.165) is 6.07 Å². The number of hydrogen-bond donors (Lipinski definition) is 0. The zero-order chi connectivity index (χ0) is 10.8.